The Labute approximate surface area is 97.8 Å². The van der Waals surface area contributed by atoms with E-state index in [0.717, 1.165) is 22.8 Å². The molecule has 0 aliphatic carbocycles. The van der Waals surface area contributed by atoms with Crippen LogP contribution >= 0.6 is 11.3 Å². The highest BCUT2D eigenvalue weighted by Gasteiger charge is 2.33. The van der Waals surface area contributed by atoms with Crippen molar-refractivity contribution in [2.75, 3.05) is 0 Å². The van der Waals surface area contributed by atoms with Gasteiger partial charge in [0, 0.05) is 10.9 Å². The average Bonchev–Trinajstić information content (AvgIpc) is 2.70. The van der Waals surface area contributed by atoms with E-state index in [4.69, 9.17) is 5.11 Å². The van der Waals surface area contributed by atoms with E-state index in [0.29, 0.717) is 5.56 Å². The number of hydrogen-bond acceptors (Lipinski definition) is 4. The van der Waals surface area contributed by atoms with Gasteiger partial charge in [-0.25, -0.2) is 4.98 Å². The van der Waals surface area contributed by atoms with Crippen LogP contribution in [-0.4, -0.2) is 15.2 Å². The van der Waals surface area contributed by atoms with Crippen molar-refractivity contribution < 1.29 is 23.4 Å². The summed E-state index contributed by atoms with van der Waals surface area (Å²) in [7, 11) is 0. The lowest BCUT2D eigenvalue weighted by molar-refractivity contribution is -0.140. The molecule has 0 saturated heterocycles. The zero-order chi connectivity index (χ0) is 12.6. The highest BCUT2D eigenvalue weighted by atomic mass is 32.1. The minimum Gasteiger partial charge on any atom is -0.504 e. The van der Waals surface area contributed by atoms with Crippen LogP contribution in [0.4, 0.5) is 13.2 Å². The lowest BCUT2D eigenvalue weighted by Crippen LogP contribution is -2.04. The van der Waals surface area contributed by atoms with E-state index in [1.165, 1.54) is 12.1 Å². The molecule has 0 bridgehead atoms. The highest BCUT2D eigenvalue weighted by molar-refractivity contribution is 7.13. The number of aromatic hydroxyl groups is 2. The fourth-order valence-electron chi connectivity index (χ4n) is 1.19. The molecule has 0 fully saturated rings. The molecule has 2 N–H and O–H groups in total. The molecule has 2 aromatic rings. The van der Waals surface area contributed by atoms with Gasteiger partial charge in [0.1, 0.15) is 5.01 Å². The van der Waals surface area contributed by atoms with Crippen LogP contribution in [0.3, 0.4) is 0 Å². The van der Waals surface area contributed by atoms with Crippen LogP contribution in [0.2, 0.25) is 0 Å². The van der Waals surface area contributed by atoms with E-state index >= 15 is 0 Å². The van der Waals surface area contributed by atoms with Crippen molar-refractivity contribution in [3.05, 3.63) is 29.3 Å². The van der Waals surface area contributed by atoms with Crippen molar-refractivity contribution >= 4 is 11.3 Å². The molecule has 0 radical (unpaired) electrons. The summed E-state index contributed by atoms with van der Waals surface area (Å²) < 4.78 is 36.9. The minimum absolute atomic E-state index is 0.132. The normalized spacial score (nSPS) is 11.7. The Kier molecular flexibility index (Phi) is 2.70. The fourth-order valence-corrected chi connectivity index (χ4v) is 2.02. The van der Waals surface area contributed by atoms with Gasteiger partial charge in [0.05, 0.1) is 0 Å². The number of aromatic nitrogens is 1. The molecule has 90 valence electrons. The maximum absolute atomic E-state index is 12.3. The standard InChI is InChI=1S/C10H6F3NO2S/c11-10(12,13)8-4-17-9(14-8)5-1-2-6(15)7(16)3-5/h1-4,15-16H. The first kappa shape index (κ1) is 11.7. The van der Waals surface area contributed by atoms with Crippen LogP contribution in [0.15, 0.2) is 23.6 Å². The number of hydrogen-bond donors (Lipinski definition) is 2. The number of phenols is 2. The lowest BCUT2D eigenvalue weighted by Gasteiger charge is -2.01. The van der Waals surface area contributed by atoms with Gasteiger partial charge >= 0.3 is 6.18 Å². The molecule has 0 atom stereocenters. The van der Waals surface area contributed by atoms with Gasteiger partial charge in [-0.2, -0.15) is 13.2 Å². The molecule has 1 aromatic carbocycles. The van der Waals surface area contributed by atoms with Gasteiger partial charge in [0.25, 0.3) is 0 Å². The third-order valence-corrected chi connectivity index (χ3v) is 2.91. The number of thiazole rings is 1. The topological polar surface area (TPSA) is 53.4 Å². The van der Waals surface area contributed by atoms with Gasteiger partial charge in [0.15, 0.2) is 17.2 Å². The second-order valence-corrected chi connectivity index (χ2v) is 4.10. The molecule has 2 rings (SSSR count). The Hall–Kier alpha value is -1.76. The smallest absolute Gasteiger partial charge is 0.434 e. The fraction of sp³-hybridized carbons (Fsp3) is 0.100. The summed E-state index contributed by atoms with van der Waals surface area (Å²) in [5.74, 6) is -0.729. The monoisotopic (exact) mass is 261 g/mol. The molecule has 1 aromatic heterocycles. The first-order valence-electron chi connectivity index (χ1n) is 4.43. The molecule has 0 aliphatic heterocycles. The van der Waals surface area contributed by atoms with Crippen molar-refractivity contribution in [2.24, 2.45) is 0 Å². The summed E-state index contributed by atoms with van der Waals surface area (Å²) in [4.78, 5) is 3.42. The number of phenolic OH excluding ortho intramolecular Hbond substituents is 2. The summed E-state index contributed by atoms with van der Waals surface area (Å²) in [6.07, 6.45) is -4.48. The predicted octanol–water partition coefficient (Wildman–Crippen LogP) is 3.24. The van der Waals surface area contributed by atoms with Crippen molar-refractivity contribution in [2.45, 2.75) is 6.18 Å². The molecule has 7 heteroatoms. The third kappa shape index (κ3) is 2.33. The molecule has 1 heterocycles. The van der Waals surface area contributed by atoms with Gasteiger partial charge in [-0.15, -0.1) is 11.3 Å². The van der Waals surface area contributed by atoms with Crippen LogP contribution in [0.25, 0.3) is 10.6 Å². The Morgan fingerprint density at radius 2 is 1.82 bits per heavy atom. The van der Waals surface area contributed by atoms with Crippen molar-refractivity contribution in [1.82, 2.24) is 4.98 Å². The van der Waals surface area contributed by atoms with Crippen LogP contribution in [0, 0.1) is 0 Å². The third-order valence-electron chi connectivity index (χ3n) is 2.02. The maximum Gasteiger partial charge on any atom is 0.434 e. The molecule has 0 unspecified atom stereocenters. The second kappa shape index (κ2) is 3.92. The quantitative estimate of drug-likeness (QED) is 0.775. The average molecular weight is 261 g/mol. The first-order chi connectivity index (χ1) is 7.88. The molecular weight excluding hydrogens is 255 g/mol. The largest absolute Gasteiger partial charge is 0.504 e. The molecule has 0 aliphatic rings. The van der Waals surface area contributed by atoms with E-state index in [9.17, 15) is 18.3 Å². The SMILES string of the molecule is Oc1ccc(-c2nc(C(F)(F)F)cs2)cc1O. The molecule has 0 saturated carbocycles. The van der Waals surface area contributed by atoms with Crippen LogP contribution in [-0.2, 0) is 6.18 Å². The van der Waals surface area contributed by atoms with E-state index in [1.54, 1.807) is 0 Å². The summed E-state index contributed by atoms with van der Waals surface area (Å²) >= 11 is 0.820. The summed E-state index contributed by atoms with van der Waals surface area (Å²) in [6.45, 7) is 0. The predicted molar refractivity (Wildman–Crippen MR) is 55.9 cm³/mol. The second-order valence-electron chi connectivity index (χ2n) is 3.24. The number of halogens is 3. The number of rotatable bonds is 1. The van der Waals surface area contributed by atoms with E-state index in [-0.39, 0.29) is 10.8 Å². The Morgan fingerprint density at radius 3 is 2.35 bits per heavy atom. The molecular formula is C10H6F3NO2S. The van der Waals surface area contributed by atoms with Gasteiger partial charge in [-0.05, 0) is 18.2 Å². The van der Waals surface area contributed by atoms with E-state index < -0.39 is 17.6 Å². The zero-order valence-electron chi connectivity index (χ0n) is 8.19. The lowest BCUT2D eigenvalue weighted by atomic mass is 10.2. The number of benzene rings is 1. The molecule has 0 spiro atoms. The van der Waals surface area contributed by atoms with Gasteiger partial charge in [0.2, 0.25) is 0 Å². The van der Waals surface area contributed by atoms with Crippen molar-refractivity contribution in [3.8, 4) is 22.1 Å². The van der Waals surface area contributed by atoms with Crippen LogP contribution in [0.1, 0.15) is 5.69 Å². The van der Waals surface area contributed by atoms with Gasteiger partial charge in [-0.3, -0.25) is 0 Å². The van der Waals surface area contributed by atoms with Gasteiger partial charge in [-0.1, -0.05) is 0 Å². The summed E-state index contributed by atoms with van der Waals surface area (Å²) in [5, 5.41) is 19.3. The molecule has 17 heavy (non-hydrogen) atoms. The van der Waals surface area contributed by atoms with Crippen LogP contribution in [0.5, 0.6) is 11.5 Å². The van der Waals surface area contributed by atoms with E-state index in [2.05, 4.69) is 4.98 Å². The Balaban J connectivity index is 2.40. The van der Waals surface area contributed by atoms with Crippen molar-refractivity contribution in [3.63, 3.8) is 0 Å². The number of nitrogens with zero attached hydrogens (tertiary/aromatic N) is 1. The Morgan fingerprint density at radius 1 is 1.12 bits per heavy atom. The van der Waals surface area contributed by atoms with Crippen LogP contribution < -0.4 is 0 Å². The Bertz CT molecular complexity index is 551. The van der Waals surface area contributed by atoms with Crippen molar-refractivity contribution in [1.29, 1.82) is 0 Å². The summed E-state index contributed by atoms with van der Waals surface area (Å²) in [5.41, 5.74) is -0.647. The molecule has 3 nitrogen and oxygen atoms in total. The maximum atomic E-state index is 12.3. The minimum atomic E-state index is -4.48. The number of alkyl halides is 3. The summed E-state index contributed by atoms with van der Waals surface area (Å²) in [6, 6.07) is 3.74. The zero-order valence-corrected chi connectivity index (χ0v) is 9.01. The molecule has 0 amide bonds. The first-order valence-corrected chi connectivity index (χ1v) is 5.31. The highest BCUT2D eigenvalue weighted by Crippen LogP contribution is 2.36. The van der Waals surface area contributed by atoms with E-state index in [1.807, 2.05) is 0 Å². The van der Waals surface area contributed by atoms with Gasteiger partial charge < -0.3 is 10.2 Å².